The van der Waals surface area contributed by atoms with Crippen molar-refractivity contribution >= 4 is 90.9 Å². The fourth-order valence-corrected chi connectivity index (χ4v) is 9.43. The van der Waals surface area contributed by atoms with E-state index in [1.165, 1.54) is 12.4 Å². The lowest BCUT2D eigenvalue weighted by Gasteiger charge is -2.20. The average Bonchev–Trinajstić information content (AvgIpc) is 0.903. The van der Waals surface area contributed by atoms with Gasteiger partial charge in [-0.1, -0.05) is 38.1 Å². The Morgan fingerprint density at radius 1 is 0.591 bits per heavy atom. The number of pyridine rings is 2. The summed E-state index contributed by atoms with van der Waals surface area (Å²) in [5, 5.41) is 28.2. The van der Waals surface area contributed by atoms with E-state index in [0.717, 1.165) is 33.6 Å². The number of hydrogen-bond acceptors (Lipinski definition) is 18. The van der Waals surface area contributed by atoms with E-state index in [4.69, 9.17) is 66.1 Å². The van der Waals surface area contributed by atoms with Gasteiger partial charge in [-0.05, 0) is 106 Å². The van der Waals surface area contributed by atoms with Crippen molar-refractivity contribution in [1.29, 1.82) is 0 Å². The predicted molar refractivity (Wildman–Crippen MR) is 336 cm³/mol. The fraction of sp³-hybridized carbons (Fsp3) is 0.355. The number of aliphatic carboxylic acids is 2. The van der Waals surface area contributed by atoms with Crippen molar-refractivity contribution in [2.24, 2.45) is 22.9 Å². The zero-order valence-electron chi connectivity index (χ0n) is 51.8. The van der Waals surface area contributed by atoms with Gasteiger partial charge in [0.05, 0.1) is 78.3 Å². The van der Waals surface area contributed by atoms with Gasteiger partial charge in [0, 0.05) is 89.0 Å². The Bertz CT molecular complexity index is 3720. The Kier molecular flexibility index (Phi) is 29.1. The summed E-state index contributed by atoms with van der Waals surface area (Å²) >= 11 is 0. The molecule has 7 aromatic rings. The van der Waals surface area contributed by atoms with Crippen molar-refractivity contribution in [1.82, 2.24) is 20.6 Å². The number of hydrogen-bond donors (Lipinski definition) is 10. The quantitative estimate of drug-likeness (QED) is 0.0215. The summed E-state index contributed by atoms with van der Waals surface area (Å²) in [6, 6.07) is 20.7. The fourth-order valence-electron chi connectivity index (χ4n) is 8.84. The number of carbonyl (C=O) groups excluding carboxylic acids is 4. The third-order valence-electron chi connectivity index (χ3n) is 13.2. The molecule has 0 aliphatic carbocycles. The van der Waals surface area contributed by atoms with E-state index >= 15 is 0 Å². The molecule has 0 spiro atoms. The van der Waals surface area contributed by atoms with Crippen LogP contribution in [0.5, 0.6) is 23.0 Å². The Morgan fingerprint density at radius 3 is 1.29 bits per heavy atom. The van der Waals surface area contributed by atoms with Crippen molar-refractivity contribution < 1.29 is 92.9 Å². The summed E-state index contributed by atoms with van der Waals surface area (Å²) in [5.74, 6) is -4.10. The number of carboxylic acids is 2. The first-order valence-corrected chi connectivity index (χ1v) is 30.5. The van der Waals surface area contributed by atoms with Crippen molar-refractivity contribution in [3.05, 3.63) is 131 Å². The third-order valence-corrected chi connectivity index (χ3v) is 14.0. The number of halogens is 6. The SMILES string of the molecule is CCOc1cc2ncc(C(N)=O)c(Nc3cccc(CNC(=O)C(N)CCS(C)=O)c3CC)c2cc1OCC.CCOc1cc2ncc(C(N)=O)c(Nc3cccc(CNC(=O)[C@@H](N)Cc4ccco4)c3CC)c2cc1OCC.O=C(O)C(F)(F)F.O=C(O)C(F)(F)F. The van der Waals surface area contributed by atoms with Crippen molar-refractivity contribution in [3.8, 4) is 23.0 Å². The molecular formula is C62H74F6N10O14S. The number of primary amides is 2. The summed E-state index contributed by atoms with van der Waals surface area (Å²) in [5.41, 5.74) is 31.5. The zero-order chi connectivity index (χ0) is 69.3. The number of aromatic nitrogens is 2. The highest BCUT2D eigenvalue weighted by Gasteiger charge is 2.39. The van der Waals surface area contributed by atoms with Crippen LogP contribution in [0.15, 0.2) is 95.9 Å². The number of benzene rings is 4. The summed E-state index contributed by atoms with van der Waals surface area (Å²) in [7, 11) is -1.01. The normalized spacial score (nSPS) is 12.0. The van der Waals surface area contributed by atoms with Crippen LogP contribution in [0.3, 0.4) is 0 Å². The molecule has 4 amide bonds. The first kappa shape index (κ1) is 75.7. The average molecular weight is 1330 g/mol. The molecule has 0 bridgehead atoms. The lowest BCUT2D eigenvalue weighted by molar-refractivity contribution is -0.193. The largest absolute Gasteiger partial charge is 0.490 e. The van der Waals surface area contributed by atoms with Gasteiger partial charge in [0.1, 0.15) is 5.76 Å². The maximum Gasteiger partial charge on any atom is 0.490 e. The van der Waals surface area contributed by atoms with Crippen LogP contribution in [0.25, 0.3) is 21.8 Å². The van der Waals surface area contributed by atoms with Gasteiger partial charge < -0.3 is 77.8 Å². The number of carboxylic acid groups (broad SMARTS) is 2. The van der Waals surface area contributed by atoms with Crippen LogP contribution in [-0.2, 0) is 62.3 Å². The number of nitrogens with one attached hydrogen (secondary N) is 4. The molecule has 0 saturated carbocycles. The highest BCUT2D eigenvalue weighted by Crippen LogP contribution is 2.40. The lowest BCUT2D eigenvalue weighted by atomic mass is 10.0. The molecule has 4 aromatic carbocycles. The van der Waals surface area contributed by atoms with E-state index in [0.29, 0.717) is 120 Å². The van der Waals surface area contributed by atoms with E-state index in [-0.39, 0.29) is 36.0 Å². The topological polar surface area (TPSA) is 388 Å². The molecule has 0 aliphatic rings. The second-order valence-corrected chi connectivity index (χ2v) is 21.2. The molecule has 2 unspecified atom stereocenters. The minimum atomic E-state index is -5.08. The zero-order valence-corrected chi connectivity index (χ0v) is 52.6. The van der Waals surface area contributed by atoms with E-state index in [9.17, 15) is 49.7 Å². The number of anilines is 4. The smallest absolute Gasteiger partial charge is 0.490 e. The molecule has 3 atom stereocenters. The molecule has 24 nitrogen and oxygen atoms in total. The Morgan fingerprint density at radius 2 is 0.968 bits per heavy atom. The highest BCUT2D eigenvalue weighted by atomic mass is 32.2. The van der Waals surface area contributed by atoms with E-state index in [1.807, 2.05) is 84.0 Å². The highest BCUT2D eigenvalue weighted by molar-refractivity contribution is 7.84. The van der Waals surface area contributed by atoms with Crippen LogP contribution in [0.4, 0.5) is 49.1 Å². The molecule has 14 N–H and O–H groups in total. The van der Waals surface area contributed by atoms with Gasteiger partial charge in [-0.3, -0.25) is 33.4 Å². The standard InChI is InChI=1S/C30H35N5O5.C28H37N5O5S.2C2HF3O2/c1-4-20-18(16-34-30(37)23(31)13-19-10-8-12-40-19)9-7-11-24(20)35-28-21-14-26(38-5-2)27(39-6-3)15-25(21)33-17-22(28)29(32)36;1-5-18-17(15-32-28(35)21(29)11-12-39(4)36)9-8-10-22(18)33-26-19-13-24(37-6-2)25(38-7-3)14-23(19)31-16-20(26)27(30)34;2*3-2(4,5)1(6)7/h7-12,14-15,17,23H,4-6,13,16,31H2,1-3H3,(H2,32,36)(H,33,35)(H,34,37);8-10,13-14,16,21H,5-7,11-12,15,29H2,1-4H3,(H2,30,34)(H,31,33)(H,32,35);2*(H,6,7)/t23-;;;/m0.../s1. The Balaban J connectivity index is 0.000000328. The maximum atomic E-state index is 12.7. The first-order valence-electron chi connectivity index (χ1n) is 28.7. The maximum absolute atomic E-state index is 12.7. The van der Waals surface area contributed by atoms with E-state index < -0.39 is 59.0 Å². The van der Waals surface area contributed by atoms with Gasteiger partial charge in [-0.15, -0.1) is 0 Å². The molecule has 504 valence electrons. The number of rotatable bonds is 27. The van der Waals surface area contributed by atoms with Gasteiger partial charge in [-0.25, -0.2) is 9.59 Å². The first-order chi connectivity index (χ1) is 43.9. The molecule has 31 heteroatoms. The number of fused-ring (bicyclic) bond motifs is 2. The van der Waals surface area contributed by atoms with Crippen LogP contribution in [-0.4, -0.2) is 123 Å². The number of alkyl halides is 6. The molecule has 0 fully saturated rings. The Labute approximate surface area is 532 Å². The van der Waals surface area contributed by atoms with Crippen LogP contribution in [0, 0.1) is 0 Å². The van der Waals surface area contributed by atoms with E-state index in [2.05, 4.69) is 31.2 Å². The Hall–Kier alpha value is -9.75. The predicted octanol–water partition coefficient (Wildman–Crippen LogP) is 8.63. The minimum Gasteiger partial charge on any atom is -0.490 e. The van der Waals surface area contributed by atoms with Crippen molar-refractivity contribution in [2.45, 2.75) is 105 Å². The van der Waals surface area contributed by atoms with Gasteiger partial charge in [0.15, 0.2) is 23.0 Å². The number of carbonyl (C=O) groups is 6. The molecule has 93 heavy (non-hydrogen) atoms. The van der Waals surface area contributed by atoms with Gasteiger partial charge >= 0.3 is 24.3 Å². The number of nitrogens with two attached hydrogens (primary N) is 4. The summed E-state index contributed by atoms with van der Waals surface area (Å²) in [6.07, 6.45) is -2.15. The van der Waals surface area contributed by atoms with Crippen LogP contribution in [0.1, 0.15) is 96.7 Å². The number of amides is 4. The lowest BCUT2D eigenvalue weighted by Crippen LogP contribution is -2.41. The summed E-state index contributed by atoms with van der Waals surface area (Å²) in [6.45, 7) is 13.9. The number of furan rings is 1. The number of nitrogens with zero attached hydrogens (tertiary/aromatic N) is 2. The van der Waals surface area contributed by atoms with Crippen LogP contribution < -0.4 is 63.1 Å². The minimum absolute atomic E-state index is 0.231. The van der Waals surface area contributed by atoms with Gasteiger partial charge in [0.2, 0.25) is 11.8 Å². The second kappa shape index (κ2) is 35.7. The van der Waals surface area contributed by atoms with Gasteiger partial charge in [-0.2, -0.15) is 26.3 Å². The third kappa shape index (κ3) is 22.3. The molecule has 3 aromatic heterocycles. The second-order valence-electron chi connectivity index (χ2n) is 19.6. The molecular weight excluding hydrogens is 1250 g/mol. The van der Waals surface area contributed by atoms with E-state index in [1.54, 1.807) is 42.9 Å². The van der Waals surface area contributed by atoms with Crippen molar-refractivity contribution in [2.75, 3.05) is 49.1 Å². The van der Waals surface area contributed by atoms with Crippen LogP contribution in [0.2, 0.25) is 0 Å². The molecule has 0 radical (unpaired) electrons. The monoisotopic (exact) mass is 1330 g/mol. The van der Waals surface area contributed by atoms with Gasteiger partial charge in [0.25, 0.3) is 11.8 Å². The van der Waals surface area contributed by atoms with Crippen molar-refractivity contribution in [3.63, 3.8) is 0 Å². The molecule has 7 rings (SSSR count). The summed E-state index contributed by atoms with van der Waals surface area (Å²) < 4.78 is 103. The number of ether oxygens (including phenoxy) is 4. The molecule has 0 saturated heterocycles. The summed E-state index contributed by atoms with van der Waals surface area (Å²) in [4.78, 5) is 76.7. The molecule has 0 aliphatic heterocycles. The van der Waals surface area contributed by atoms with Crippen LogP contribution >= 0.6 is 0 Å². The molecule has 3 heterocycles.